The van der Waals surface area contributed by atoms with Crippen molar-refractivity contribution in [2.75, 3.05) is 6.61 Å². The fraction of sp³-hybridized carbons (Fsp3) is 0.556. The molecule has 0 aromatic heterocycles. The van der Waals surface area contributed by atoms with E-state index in [0.717, 1.165) is 0 Å². The van der Waals surface area contributed by atoms with Crippen LogP contribution in [0.25, 0.3) is 0 Å². The molecule has 0 bridgehead atoms. The summed E-state index contributed by atoms with van der Waals surface area (Å²) in [5.41, 5.74) is -2.30. The van der Waals surface area contributed by atoms with Gasteiger partial charge in [-0.15, -0.1) is 0 Å². The number of benzene rings is 1. The normalized spacial score (nSPS) is 26.9. The van der Waals surface area contributed by atoms with Crippen LogP contribution < -0.4 is 0 Å². The van der Waals surface area contributed by atoms with E-state index < -0.39 is 39.6 Å². The molecule has 2 N–H and O–H groups in total. The van der Waals surface area contributed by atoms with Gasteiger partial charge in [-0.2, -0.15) is 0 Å². The number of β-lactam (4-membered cyclic amide) rings is 1. The molecule has 2 aliphatic heterocycles. The van der Waals surface area contributed by atoms with E-state index in [4.69, 9.17) is 4.74 Å². The van der Waals surface area contributed by atoms with Crippen molar-refractivity contribution in [2.45, 2.75) is 51.2 Å². The summed E-state index contributed by atoms with van der Waals surface area (Å²) >= 11 is 0. The molecule has 2 atom stereocenters. The van der Waals surface area contributed by atoms with E-state index in [1.165, 1.54) is 36.1 Å². The van der Waals surface area contributed by atoms with Gasteiger partial charge in [-0.1, -0.05) is 12.1 Å². The van der Waals surface area contributed by atoms with Crippen LogP contribution in [0.1, 0.15) is 32.8 Å². The molecule has 27 heavy (non-hydrogen) atoms. The Morgan fingerprint density at radius 1 is 1.33 bits per heavy atom. The number of carbonyl (C=O) groups excluding carboxylic acids is 2. The van der Waals surface area contributed by atoms with Crippen LogP contribution in [0.2, 0.25) is 0 Å². The van der Waals surface area contributed by atoms with Crippen molar-refractivity contribution in [3.05, 3.63) is 39.9 Å². The van der Waals surface area contributed by atoms with Crippen molar-refractivity contribution in [1.82, 2.24) is 4.90 Å². The number of amides is 1. The summed E-state index contributed by atoms with van der Waals surface area (Å²) in [4.78, 5) is 37.0. The van der Waals surface area contributed by atoms with Crippen molar-refractivity contribution >= 4 is 17.4 Å². The zero-order chi connectivity index (χ0) is 20.2. The van der Waals surface area contributed by atoms with Crippen LogP contribution >= 0.6 is 0 Å². The smallest absolute Gasteiger partial charge is 0.269 e. The third kappa shape index (κ3) is 2.73. The zero-order valence-corrected chi connectivity index (χ0v) is 15.3. The van der Waals surface area contributed by atoms with Crippen LogP contribution in [0.5, 0.6) is 0 Å². The molecular weight excluding hydrogens is 356 g/mol. The molecule has 2 unspecified atom stereocenters. The number of rotatable bonds is 5. The maximum Gasteiger partial charge on any atom is 0.269 e. The lowest BCUT2D eigenvalue weighted by atomic mass is 9.62. The van der Waals surface area contributed by atoms with Gasteiger partial charge < -0.3 is 19.8 Å². The number of nitro benzene ring substituents is 1. The van der Waals surface area contributed by atoms with E-state index in [1.54, 1.807) is 13.8 Å². The van der Waals surface area contributed by atoms with Gasteiger partial charge in [0.05, 0.1) is 17.6 Å². The van der Waals surface area contributed by atoms with E-state index in [0.29, 0.717) is 18.6 Å². The van der Waals surface area contributed by atoms with Gasteiger partial charge in [0.2, 0.25) is 11.7 Å². The highest BCUT2D eigenvalue weighted by molar-refractivity contribution is 6.00. The Kier molecular flexibility index (Phi) is 4.37. The van der Waals surface area contributed by atoms with Gasteiger partial charge in [0.15, 0.2) is 5.78 Å². The minimum absolute atomic E-state index is 0.133. The second-order valence-electron chi connectivity index (χ2n) is 7.67. The second-order valence-corrected chi connectivity index (χ2v) is 7.67. The van der Waals surface area contributed by atoms with Crippen LogP contribution in [0.4, 0.5) is 5.69 Å². The van der Waals surface area contributed by atoms with Crippen LogP contribution in [0.3, 0.4) is 0 Å². The second kappa shape index (κ2) is 6.08. The van der Waals surface area contributed by atoms with Crippen LogP contribution in [0.15, 0.2) is 24.3 Å². The summed E-state index contributed by atoms with van der Waals surface area (Å²) in [7, 11) is 0. The summed E-state index contributed by atoms with van der Waals surface area (Å²) in [5, 5.41) is 32.0. The van der Waals surface area contributed by atoms with Gasteiger partial charge >= 0.3 is 0 Å². The molecule has 0 radical (unpaired) electrons. The fourth-order valence-corrected chi connectivity index (χ4v) is 3.97. The average Bonchev–Trinajstić information content (AvgIpc) is 2.60. The lowest BCUT2D eigenvalue weighted by Gasteiger charge is -2.64. The average molecular weight is 378 g/mol. The Balaban J connectivity index is 1.82. The number of nitro groups is 1. The van der Waals surface area contributed by atoms with E-state index in [9.17, 15) is 29.9 Å². The van der Waals surface area contributed by atoms with Crippen LogP contribution in [-0.2, 0) is 20.7 Å². The number of aliphatic hydroxyl groups is 2. The first kappa shape index (κ1) is 19.4. The third-order valence-corrected chi connectivity index (χ3v) is 5.69. The van der Waals surface area contributed by atoms with E-state index in [2.05, 4.69) is 0 Å². The molecule has 2 saturated heterocycles. The highest BCUT2D eigenvalue weighted by Crippen LogP contribution is 2.53. The van der Waals surface area contributed by atoms with Crippen molar-refractivity contribution in [3.63, 3.8) is 0 Å². The Labute approximate surface area is 155 Å². The highest BCUT2D eigenvalue weighted by atomic mass is 16.6. The van der Waals surface area contributed by atoms with Gasteiger partial charge in [0.1, 0.15) is 11.1 Å². The number of fused-ring (bicyclic) bond motifs is 1. The molecule has 9 nitrogen and oxygen atoms in total. The molecule has 1 aromatic rings. The number of carbonyl (C=O) groups is 2. The number of nitrogens with zero attached hydrogens (tertiary/aromatic N) is 2. The minimum Gasteiger partial charge on any atom is -0.359 e. The molecule has 0 saturated carbocycles. The number of hydrogen-bond donors (Lipinski definition) is 2. The highest BCUT2D eigenvalue weighted by Gasteiger charge is 2.73. The predicted octanol–water partition coefficient (Wildman–Crippen LogP) is 0.761. The molecule has 2 heterocycles. The number of hydrogen-bond acceptors (Lipinski definition) is 7. The molecule has 146 valence electrons. The van der Waals surface area contributed by atoms with E-state index in [-0.39, 0.29) is 12.1 Å². The van der Waals surface area contributed by atoms with Gasteiger partial charge in [0.25, 0.3) is 5.69 Å². The molecule has 3 rings (SSSR count). The quantitative estimate of drug-likeness (QED) is 0.335. The molecule has 1 amide bonds. The third-order valence-electron chi connectivity index (χ3n) is 5.69. The van der Waals surface area contributed by atoms with Crippen LogP contribution in [-0.4, -0.2) is 55.9 Å². The summed E-state index contributed by atoms with van der Waals surface area (Å²) in [5.74, 6) is -4.35. The van der Waals surface area contributed by atoms with Crippen molar-refractivity contribution in [2.24, 2.45) is 5.41 Å². The predicted molar refractivity (Wildman–Crippen MR) is 92.4 cm³/mol. The summed E-state index contributed by atoms with van der Waals surface area (Å²) in [6.45, 7) is 5.15. The standard InChI is InChI=1S/C18H22N2O7/c1-16(2)19-13(8-9-27-16)17(3,15(19)22)18(23,24)14(21)10-11-4-6-12(7-5-11)20(25)26/h4-7,13,23-24H,8-10H2,1-3H3. The zero-order valence-electron chi connectivity index (χ0n) is 15.3. The van der Waals surface area contributed by atoms with Crippen molar-refractivity contribution < 1.29 is 29.5 Å². The lowest BCUT2D eigenvalue weighted by molar-refractivity contribution is -0.384. The molecule has 2 aliphatic rings. The first-order valence-electron chi connectivity index (χ1n) is 8.62. The summed E-state index contributed by atoms with van der Waals surface area (Å²) in [6, 6.07) is 4.68. The maximum atomic E-state index is 12.8. The first-order chi connectivity index (χ1) is 12.4. The van der Waals surface area contributed by atoms with Gasteiger partial charge in [-0.25, -0.2) is 0 Å². The van der Waals surface area contributed by atoms with E-state index in [1.807, 2.05) is 0 Å². The lowest BCUT2D eigenvalue weighted by Crippen LogP contribution is -2.82. The minimum atomic E-state index is -2.86. The number of ether oxygens (including phenoxy) is 1. The number of Topliss-reactive ketones (excluding diaryl/α,β-unsaturated/α-hetero) is 1. The first-order valence-corrected chi connectivity index (χ1v) is 8.62. The van der Waals surface area contributed by atoms with Crippen molar-refractivity contribution in [1.29, 1.82) is 0 Å². The van der Waals surface area contributed by atoms with Gasteiger partial charge in [-0.05, 0) is 32.8 Å². The summed E-state index contributed by atoms with van der Waals surface area (Å²) < 4.78 is 5.56. The van der Waals surface area contributed by atoms with E-state index >= 15 is 0 Å². The molecular formula is C18H22N2O7. The Morgan fingerprint density at radius 2 is 1.93 bits per heavy atom. The van der Waals surface area contributed by atoms with Gasteiger partial charge in [0, 0.05) is 18.6 Å². The summed E-state index contributed by atoms with van der Waals surface area (Å²) in [6.07, 6.45) is 0.0276. The molecule has 2 fully saturated rings. The monoisotopic (exact) mass is 378 g/mol. The molecule has 9 heteroatoms. The largest absolute Gasteiger partial charge is 0.359 e. The molecule has 0 aliphatic carbocycles. The Hall–Kier alpha value is -2.36. The molecule has 0 spiro atoms. The van der Waals surface area contributed by atoms with Gasteiger partial charge in [-0.3, -0.25) is 19.7 Å². The van der Waals surface area contributed by atoms with Crippen LogP contribution in [0, 0.1) is 15.5 Å². The number of ketones is 1. The maximum absolute atomic E-state index is 12.8. The SMILES string of the molecule is CC1(C)OCCC2N1C(=O)C2(C)C(O)(O)C(=O)Cc1ccc([N+](=O)[O-])cc1. The Morgan fingerprint density at radius 3 is 2.48 bits per heavy atom. The Bertz CT molecular complexity index is 802. The fourth-order valence-electron chi connectivity index (χ4n) is 3.97. The topological polar surface area (TPSA) is 130 Å². The van der Waals surface area contributed by atoms with Crippen molar-refractivity contribution in [3.8, 4) is 0 Å². The molecule has 1 aromatic carbocycles. The number of non-ortho nitro benzene ring substituents is 1.